The molecule has 0 heterocycles. The van der Waals surface area contributed by atoms with E-state index in [9.17, 15) is 14.4 Å². The average Bonchev–Trinajstić information content (AvgIpc) is 2.46. The molecule has 7 nitrogen and oxygen atoms in total. The third-order valence-electron chi connectivity index (χ3n) is 2.86. The smallest absolute Gasteiger partial charge is 0.340 e. The van der Waals surface area contributed by atoms with Crippen LogP contribution >= 0.6 is 0 Å². The first-order chi connectivity index (χ1) is 9.90. The summed E-state index contributed by atoms with van der Waals surface area (Å²) >= 11 is 0. The van der Waals surface area contributed by atoms with Crippen LogP contribution in [0.5, 0.6) is 0 Å². The molecule has 0 aliphatic rings. The standard InChI is InChI=1S/C14H18N2O5/c1-8(17)16-10-6-4-9(5-7-11(18)20-2)12(13(10)15)14(19)21-3/h4,6H,5,7,15H2,1-3H3,(H,16,17). The fourth-order valence-corrected chi connectivity index (χ4v) is 1.85. The van der Waals surface area contributed by atoms with E-state index in [2.05, 4.69) is 10.1 Å². The Balaban J connectivity index is 3.18. The predicted molar refractivity (Wildman–Crippen MR) is 76.8 cm³/mol. The van der Waals surface area contributed by atoms with Gasteiger partial charge in [0, 0.05) is 13.3 Å². The van der Waals surface area contributed by atoms with Gasteiger partial charge in [-0.1, -0.05) is 6.07 Å². The molecule has 1 aromatic carbocycles. The van der Waals surface area contributed by atoms with Crippen molar-refractivity contribution in [1.82, 2.24) is 0 Å². The number of ether oxygens (including phenoxy) is 2. The molecular weight excluding hydrogens is 276 g/mol. The Bertz CT molecular complexity index is 569. The Kier molecular flexibility index (Phi) is 5.71. The number of hydrogen-bond acceptors (Lipinski definition) is 6. The van der Waals surface area contributed by atoms with E-state index in [0.717, 1.165) is 0 Å². The lowest BCUT2D eigenvalue weighted by atomic mass is 9.99. The molecule has 0 spiro atoms. The van der Waals surface area contributed by atoms with E-state index < -0.39 is 11.9 Å². The number of methoxy groups -OCH3 is 2. The van der Waals surface area contributed by atoms with Gasteiger partial charge in [0.1, 0.15) is 0 Å². The van der Waals surface area contributed by atoms with E-state index in [0.29, 0.717) is 11.3 Å². The Morgan fingerprint density at radius 2 is 1.86 bits per heavy atom. The van der Waals surface area contributed by atoms with Crippen molar-refractivity contribution < 1.29 is 23.9 Å². The van der Waals surface area contributed by atoms with Gasteiger partial charge in [-0.25, -0.2) is 4.79 Å². The first-order valence-electron chi connectivity index (χ1n) is 6.24. The number of carbonyl (C=O) groups is 3. The number of nitrogens with one attached hydrogen (secondary N) is 1. The van der Waals surface area contributed by atoms with E-state index in [1.807, 2.05) is 0 Å². The fraction of sp³-hybridized carbons (Fsp3) is 0.357. The maximum Gasteiger partial charge on any atom is 0.340 e. The van der Waals surface area contributed by atoms with Gasteiger partial charge in [0.05, 0.1) is 31.2 Å². The van der Waals surface area contributed by atoms with Crippen molar-refractivity contribution in [2.24, 2.45) is 0 Å². The second-order valence-corrected chi connectivity index (χ2v) is 4.31. The SMILES string of the molecule is COC(=O)CCc1ccc(NC(C)=O)c(N)c1C(=O)OC. The maximum atomic E-state index is 11.9. The molecule has 114 valence electrons. The summed E-state index contributed by atoms with van der Waals surface area (Å²) in [7, 11) is 2.52. The second kappa shape index (κ2) is 7.28. The first-order valence-corrected chi connectivity index (χ1v) is 6.24. The Morgan fingerprint density at radius 1 is 1.19 bits per heavy atom. The lowest BCUT2D eigenvalue weighted by Gasteiger charge is -2.14. The van der Waals surface area contributed by atoms with Crippen LogP contribution in [0, 0.1) is 0 Å². The van der Waals surface area contributed by atoms with E-state index in [4.69, 9.17) is 10.5 Å². The number of rotatable bonds is 5. The van der Waals surface area contributed by atoms with Gasteiger partial charge in [-0.15, -0.1) is 0 Å². The van der Waals surface area contributed by atoms with Crippen molar-refractivity contribution in [3.05, 3.63) is 23.3 Å². The molecule has 0 fully saturated rings. The molecule has 0 aromatic heterocycles. The molecule has 7 heteroatoms. The number of carbonyl (C=O) groups excluding carboxylic acids is 3. The normalized spacial score (nSPS) is 9.86. The minimum absolute atomic E-state index is 0.111. The number of aryl methyl sites for hydroxylation is 1. The quantitative estimate of drug-likeness (QED) is 0.622. The van der Waals surface area contributed by atoms with Crippen LogP contribution in [0.4, 0.5) is 11.4 Å². The molecule has 21 heavy (non-hydrogen) atoms. The number of hydrogen-bond donors (Lipinski definition) is 2. The molecule has 0 atom stereocenters. The highest BCUT2D eigenvalue weighted by atomic mass is 16.5. The van der Waals surface area contributed by atoms with Gasteiger partial charge in [0.25, 0.3) is 0 Å². The highest BCUT2D eigenvalue weighted by molar-refractivity contribution is 6.03. The Hall–Kier alpha value is -2.57. The molecule has 0 unspecified atom stereocenters. The summed E-state index contributed by atoms with van der Waals surface area (Å²) in [5, 5.41) is 2.53. The van der Waals surface area contributed by atoms with Crippen LogP contribution in [0.2, 0.25) is 0 Å². The van der Waals surface area contributed by atoms with Gasteiger partial charge in [0.15, 0.2) is 0 Å². The van der Waals surface area contributed by atoms with Crippen LogP contribution in [0.1, 0.15) is 29.3 Å². The molecule has 1 amide bonds. The van der Waals surface area contributed by atoms with Crippen LogP contribution in [-0.4, -0.2) is 32.1 Å². The maximum absolute atomic E-state index is 11.9. The first kappa shape index (κ1) is 16.5. The van der Waals surface area contributed by atoms with Crippen molar-refractivity contribution in [3.63, 3.8) is 0 Å². The third-order valence-corrected chi connectivity index (χ3v) is 2.86. The molecule has 3 N–H and O–H groups in total. The lowest BCUT2D eigenvalue weighted by Crippen LogP contribution is -2.15. The van der Waals surface area contributed by atoms with Crippen LogP contribution in [0.3, 0.4) is 0 Å². The number of esters is 2. The molecule has 0 aliphatic carbocycles. The second-order valence-electron chi connectivity index (χ2n) is 4.31. The Labute approximate surface area is 122 Å². The van der Waals surface area contributed by atoms with Crippen LogP contribution in [0.25, 0.3) is 0 Å². The topological polar surface area (TPSA) is 108 Å². The van der Waals surface area contributed by atoms with Gasteiger partial charge in [-0.3, -0.25) is 9.59 Å². The summed E-state index contributed by atoms with van der Waals surface area (Å²) in [6, 6.07) is 3.20. The molecule has 0 bridgehead atoms. The molecule has 0 aliphatic heterocycles. The predicted octanol–water partition coefficient (Wildman–Crippen LogP) is 1.12. The van der Waals surface area contributed by atoms with Crippen molar-refractivity contribution in [2.45, 2.75) is 19.8 Å². The number of amides is 1. The summed E-state index contributed by atoms with van der Waals surface area (Å²) in [6.07, 6.45) is 0.390. The number of nitrogens with two attached hydrogens (primary N) is 1. The molecular formula is C14H18N2O5. The van der Waals surface area contributed by atoms with Gasteiger partial charge in [-0.05, 0) is 18.1 Å². The van der Waals surface area contributed by atoms with Gasteiger partial charge >= 0.3 is 11.9 Å². The Morgan fingerprint density at radius 3 is 2.38 bits per heavy atom. The van der Waals surface area contributed by atoms with Crippen molar-refractivity contribution in [2.75, 3.05) is 25.3 Å². The molecule has 0 saturated heterocycles. The molecule has 0 radical (unpaired) electrons. The van der Waals surface area contributed by atoms with Crippen molar-refractivity contribution in [3.8, 4) is 0 Å². The van der Waals surface area contributed by atoms with E-state index >= 15 is 0 Å². The summed E-state index contributed by atoms with van der Waals surface area (Å²) in [4.78, 5) is 34.2. The number of anilines is 2. The third kappa shape index (κ3) is 4.20. The van der Waals surface area contributed by atoms with Gasteiger partial charge in [0.2, 0.25) is 5.91 Å². The lowest BCUT2D eigenvalue weighted by molar-refractivity contribution is -0.140. The number of nitrogen functional groups attached to an aromatic ring is 1. The highest BCUT2D eigenvalue weighted by Crippen LogP contribution is 2.28. The highest BCUT2D eigenvalue weighted by Gasteiger charge is 2.19. The largest absolute Gasteiger partial charge is 0.469 e. The molecule has 0 saturated carbocycles. The van der Waals surface area contributed by atoms with E-state index in [1.54, 1.807) is 12.1 Å². The summed E-state index contributed by atoms with van der Waals surface area (Å²) < 4.78 is 9.26. The summed E-state index contributed by atoms with van der Waals surface area (Å²) in [6.45, 7) is 1.34. The summed E-state index contributed by atoms with van der Waals surface area (Å²) in [5.74, 6) is -1.32. The van der Waals surface area contributed by atoms with Crippen molar-refractivity contribution >= 4 is 29.2 Å². The zero-order chi connectivity index (χ0) is 16.0. The van der Waals surface area contributed by atoms with Crippen molar-refractivity contribution in [1.29, 1.82) is 0 Å². The van der Waals surface area contributed by atoms with E-state index in [1.165, 1.54) is 21.1 Å². The zero-order valence-electron chi connectivity index (χ0n) is 12.2. The van der Waals surface area contributed by atoms with Crippen LogP contribution < -0.4 is 11.1 Å². The zero-order valence-corrected chi connectivity index (χ0v) is 12.2. The minimum atomic E-state index is -0.625. The number of benzene rings is 1. The van der Waals surface area contributed by atoms with Gasteiger partial charge < -0.3 is 20.5 Å². The average molecular weight is 294 g/mol. The minimum Gasteiger partial charge on any atom is -0.469 e. The fourth-order valence-electron chi connectivity index (χ4n) is 1.85. The summed E-state index contributed by atoms with van der Waals surface area (Å²) in [5.41, 5.74) is 7.05. The molecule has 1 rings (SSSR count). The van der Waals surface area contributed by atoms with Crippen LogP contribution in [-0.2, 0) is 25.5 Å². The van der Waals surface area contributed by atoms with Gasteiger partial charge in [-0.2, -0.15) is 0 Å². The van der Waals surface area contributed by atoms with E-state index in [-0.39, 0.29) is 30.0 Å². The molecule has 1 aromatic rings. The van der Waals surface area contributed by atoms with Crippen LogP contribution in [0.15, 0.2) is 12.1 Å². The monoisotopic (exact) mass is 294 g/mol.